The van der Waals surface area contributed by atoms with Crippen LogP contribution in [0.2, 0.25) is 0 Å². The Kier molecular flexibility index (Phi) is 5.09. The van der Waals surface area contributed by atoms with Gasteiger partial charge in [0.15, 0.2) is 5.69 Å². The van der Waals surface area contributed by atoms with Gasteiger partial charge < -0.3 is 14.6 Å². The largest absolute Gasteiger partial charge is 0.501 e. The maximum atomic E-state index is 13.4. The molecule has 6 nitrogen and oxygen atoms in total. The molecule has 0 bridgehead atoms. The molecule has 6 heteroatoms. The molecule has 158 valence electrons. The van der Waals surface area contributed by atoms with E-state index in [2.05, 4.69) is 17.1 Å². The standard InChI is InChI=1S/C24H29N3O3/c28-21-20-24(30)26(18-12-6-7-13-18)14-15-27(20)22(25-23(21)29)19(17-10-4-5-11-17)16-8-2-1-3-9-16/h1-3,8-9,17-19,28H,4-7,10-15H2. The first-order valence-corrected chi connectivity index (χ1v) is 11.3. The number of carbonyl (C=O) groups is 1. The topological polar surface area (TPSA) is 75.4 Å². The van der Waals surface area contributed by atoms with Crippen LogP contribution in [0.5, 0.6) is 5.75 Å². The molecule has 1 aromatic carbocycles. The molecule has 0 saturated heterocycles. The molecule has 2 fully saturated rings. The molecule has 3 aliphatic rings. The van der Waals surface area contributed by atoms with Crippen LogP contribution in [0.3, 0.4) is 0 Å². The van der Waals surface area contributed by atoms with E-state index in [9.17, 15) is 14.7 Å². The van der Waals surface area contributed by atoms with Gasteiger partial charge in [0.05, 0.1) is 0 Å². The monoisotopic (exact) mass is 407 g/mol. The van der Waals surface area contributed by atoms with Crippen LogP contribution in [0.25, 0.3) is 0 Å². The first kappa shape index (κ1) is 19.3. The van der Waals surface area contributed by atoms with Crippen LogP contribution in [0.4, 0.5) is 0 Å². The summed E-state index contributed by atoms with van der Waals surface area (Å²) in [5.74, 6) is 0.287. The predicted octanol–water partition coefficient (Wildman–Crippen LogP) is 3.67. The lowest BCUT2D eigenvalue weighted by molar-refractivity contribution is 0.0609. The summed E-state index contributed by atoms with van der Waals surface area (Å²) < 4.78 is 1.85. The number of rotatable bonds is 4. The Morgan fingerprint density at radius 3 is 2.30 bits per heavy atom. The van der Waals surface area contributed by atoms with E-state index < -0.39 is 11.3 Å². The highest BCUT2D eigenvalue weighted by molar-refractivity contribution is 5.96. The molecule has 1 aliphatic heterocycles. The predicted molar refractivity (Wildman–Crippen MR) is 114 cm³/mol. The van der Waals surface area contributed by atoms with Crippen molar-refractivity contribution in [3.05, 3.63) is 57.8 Å². The lowest BCUT2D eigenvalue weighted by Gasteiger charge is -2.37. The number of hydrogen-bond acceptors (Lipinski definition) is 4. The lowest BCUT2D eigenvalue weighted by atomic mass is 9.83. The Bertz CT molecular complexity index is 989. The third kappa shape index (κ3) is 3.22. The lowest BCUT2D eigenvalue weighted by Crippen LogP contribution is -2.47. The Morgan fingerprint density at radius 1 is 0.933 bits per heavy atom. The Hall–Kier alpha value is -2.63. The van der Waals surface area contributed by atoms with Crippen molar-refractivity contribution in [1.29, 1.82) is 0 Å². The highest BCUT2D eigenvalue weighted by atomic mass is 16.3. The Balaban J connectivity index is 1.63. The van der Waals surface area contributed by atoms with Crippen LogP contribution in [0, 0.1) is 5.92 Å². The van der Waals surface area contributed by atoms with Crippen molar-refractivity contribution in [2.75, 3.05) is 6.54 Å². The molecule has 1 N–H and O–H groups in total. The SMILES string of the molecule is O=C1c2c(O)c(=O)nc(C(c3ccccc3)C3CCCC3)n2CCN1C1CCCC1. The van der Waals surface area contributed by atoms with E-state index >= 15 is 0 Å². The summed E-state index contributed by atoms with van der Waals surface area (Å²) in [5, 5.41) is 10.6. The minimum absolute atomic E-state index is 0.0356. The first-order chi connectivity index (χ1) is 14.6. The van der Waals surface area contributed by atoms with Crippen LogP contribution in [0.15, 0.2) is 35.1 Å². The van der Waals surface area contributed by atoms with Gasteiger partial charge >= 0.3 is 5.56 Å². The van der Waals surface area contributed by atoms with Crippen molar-refractivity contribution in [1.82, 2.24) is 14.5 Å². The highest BCUT2D eigenvalue weighted by Gasteiger charge is 2.38. The van der Waals surface area contributed by atoms with Gasteiger partial charge in [0, 0.05) is 25.0 Å². The second-order valence-electron chi connectivity index (χ2n) is 8.99. The van der Waals surface area contributed by atoms with E-state index in [1.54, 1.807) is 0 Å². The minimum Gasteiger partial charge on any atom is -0.501 e. The van der Waals surface area contributed by atoms with Crippen molar-refractivity contribution >= 4 is 5.91 Å². The van der Waals surface area contributed by atoms with Crippen molar-refractivity contribution in [2.45, 2.75) is 69.9 Å². The van der Waals surface area contributed by atoms with Crippen LogP contribution in [-0.2, 0) is 6.54 Å². The van der Waals surface area contributed by atoms with Crippen molar-refractivity contribution in [2.24, 2.45) is 5.92 Å². The number of carbonyl (C=O) groups excluding carboxylic acids is 1. The maximum absolute atomic E-state index is 13.4. The fourth-order valence-electron chi connectivity index (χ4n) is 5.83. The third-order valence-corrected chi connectivity index (χ3v) is 7.29. The molecule has 30 heavy (non-hydrogen) atoms. The first-order valence-electron chi connectivity index (χ1n) is 11.3. The molecule has 0 spiro atoms. The fraction of sp³-hybridized carbons (Fsp3) is 0.542. The molecule has 1 unspecified atom stereocenters. The van der Waals surface area contributed by atoms with Gasteiger partial charge in [0.1, 0.15) is 5.82 Å². The van der Waals surface area contributed by atoms with E-state index in [0.29, 0.717) is 24.8 Å². The number of benzene rings is 1. The number of aromatic hydroxyl groups is 1. The third-order valence-electron chi connectivity index (χ3n) is 7.29. The van der Waals surface area contributed by atoms with Gasteiger partial charge in [-0.05, 0) is 37.2 Å². The second-order valence-corrected chi connectivity index (χ2v) is 8.99. The number of hydrogen-bond donors (Lipinski definition) is 1. The molecular weight excluding hydrogens is 378 g/mol. The highest BCUT2D eigenvalue weighted by Crippen LogP contribution is 2.42. The van der Waals surface area contributed by atoms with Crippen molar-refractivity contribution in [3.8, 4) is 5.75 Å². The molecule has 2 aromatic rings. The van der Waals surface area contributed by atoms with Crippen LogP contribution in [-0.4, -0.2) is 38.1 Å². The smallest absolute Gasteiger partial charge is 0.315 e. The van der Waals surface area contributed by atoms with Gasteiger partial charge in [-0.3, -0.25) is 9.59 Å². The molecule has 0 radical (unpaired) electrons. The molecule has 1 aromatic heterocycles. The van der Waals surface area contributed by atoms with Crippen LogP contribution in [0.1, 0.15) is 79.2 Å². The summed E-state index contributed by atoms with van der Waals surface area (Å²) in [6, 6.07) is 10.4. The summed E-state index contributed by atoms with van der Waals surface area (Å²) in [5.41, 5.74) is 0.584. The summed E-state index contributed by atoms with van der Waals surface area (Å²) in [4.78, 5) is 32.3. The van der Waals surface area contributed by atoms with E-state index in [1.165, 1.54) is 12.8 Å². The van der Waals surface area contributed by atoms with Gasteiger partial charge in [0.2, 0.25) is 5.75 Å². The summed E-state index contributed by atoms with van der Waals surface area (Å²) in [6.45, 7) is 1.18. The number of aromatic nitrogens is 2. The summed E-state index contributed by atoms with van der Waals surface area (Å²) >= 11 is 0. The molecule has 1 amide bonds. The minimum atomic E-state index is -0.684. The fourth-order valence-corrected chi connectivity index (χ4v) is 5.83. The van der Waals surface area contributed by atoms with Crippen LogP contribution < -0.4 is 5.56 Å². The number of fused-ring (bicyclic) bond motifs is 1. The molecule has 2 aliphatic carbocycles. The van der Waals surface area contributed by atoms with Gasteiger partial charge in [-0.25, -0.2) is 0 Å². The van der Waals surface area contributed by atoms with Gasteiger partial charge in [-0.1, -0.05) is 56.0 Å². The van der Waals surface area contributed by atoms with E-state index in [1.807, 2.05) is 27.7 Å². The number of nitrogens with zero attached hydrogens (tertiary/aromatic N) is 3. The molecule has 2 heterocycles. The van der Waals surface area contributed by atoms with Gasteiger partial charge in [-0.2, -0.15) is 4.98 Å². The van der Waals surface area contributed by atoms with E-state index in [0.717, 1.165) is 44.1 Å². The van der Waals surface area contributed by atoms with E-state index in [-0.39, 0.29) is 23.6 Å². The second kappa shape index (κ2) is 7.89. The Morgan fingerprint density at radius 2 is 1.60 bits per heavy atom. The van der Waals surface area contributed by atoms with Gasteiger partial charge in [-0.15, -0.1) is 0 Å². The molecule has 1 atom stereocenters. The zero-order valence-corrected chi connectivity index (χ0v) is 17.3. The maximum Gasteiger partial charge on any atom is 0.315 e. The number of amides is 1. The average Bonchev–Trinajstić information content (AvgIpc) is 3.47. The zero-order chi connectivity index (χ0) is 20.7. The summed E-state index contributed by atoms with van der Waals surface area (Å²) in [7, 11) is 0. The summed E-state index contributed by atoms with van der Waals surface area (Å²) in [6.07, 6.45) is 8.81. The Labute approximate surface area is 176 Å². The van der Waals surface area contributed by atoms with Crippen LogP contribution >= 0.6 is 0 Å². The van der Waals surface area contributed by atoms with Gasteiger partial charge in [0.25, 0.3) is 5.91 Å². The van der Waals surface area contributed by atoms with Crippen molar-refractivity contribution in [3.63, 3.8) is 0 Å². The normalized spacial score (nSPS) is 21.2. The van der Waals surface area contributed by atoms with Crippen molar-refractivity contribution < 1.29 is 9.90 Å². The zero-order valence-electron chi connectivity index (χ0n) is 17.3. The molecule has 2 saturated carbocycles. The quantitative estimate of drug-likeness (QED) is 0.839. The molecule has 5 rings (SSSR count). The average molecular weight is 408 g/mol. The van der Waals surface area contributed by atoms with E-state index in [4.69, 9.17) is 0 Å². The molecular formula is C24H29N3O3.